The normalized spacial score (nSPS) is 17.8. The van der Waals surface area contributed by atoms with Gasteiger partial charge in [-0.1, -0.05) is 0 Å². The molecule has 0 spiro atoms. The van der Waals surface area contributed by atoms with Crippen LogP contribution in [0.2, 0.25) is 0 Å². The van der Waals surface area contributed by atoms with E-state index in [4.69, 9.17) is 14.2 Å². The van der Waals surface area contributed by atoms with E-state index in [2.05, 4.69) is 5.32 Å². The maximum atomic E-state index is 12.1. The molecular formula is C16H31NO4. The van der Waals surface area contributed by atoms with E-state index >= 15 is 0 Å². The van der Waals surface area contributed by atoms with Crippen molar-refractivity contribution < 1.29 is 19.0 Å². The molecule has 0 heterocycles. The molecule has 1 aliphatic carbocycles. The van der Waals surface area contributed by atoms with Gasteiger partial charge in [0.2, 0.25) is 0 Å². The van der Waals surface area contributed by atoms with Crippen molar-refractivity contribution in [2.75, 3.05) is 26.4 Å². The molecule has 5 heteroatoms. The zero-order valence-corrected chi connectivity index (χ0v) is 13.9. The van der Waals surface area contributed by atoms with Gasteiger partial charge in [-0.3, -0.25) is 10.1 Å². The number of ether oxygens (including phenoxy) is 3. The number of rotatable bonds is 12. The monoisotopic (exact) mass is 301 g/mol. The highest BCUT2D eigenvalue weighted by Crippen LogP contribution is 2.25. The standard InChI is InChI=1S/C16H31NO4/c1-5-20-15(18)16(4,17-14-7-8-14)9-6-10-19-11-12-21-13(2)3/h13-14,17H,5-12H2,1-4H3. The summed E-state index contributed by atoms with van der Waals surface area (Å²) in [6.07, 6.45) is 4.10. The highest BCUT2D eigenvalue weighted by atomic mass is 16.5. The Bertz CT molecular complexity index is 305. The molecule has 0 amide bonds. The van der Waals surface area contributed by atoms with Crippen LogP contribution in [0.1, 0.15) is 53.4 Å². The molecular weight excluding hydrogens is 270 g/mol. The minimum Gasteiger partial charge on any atom is -0.465 e. The number of hydrogen-bond acceptors (Lipinski definition) is 5. The Morgan fingerprint density at radius 3 is 2.57 bits per heavy atom. The van der Waals surface area contributed by atoms with Crippen molar-refractivity contribution in [3.8, 4) is 0 Å². The smallest absolute Gasteiger partial charge is 0.326 e. The van der Waals surface area contributed by atoms with Crippen molar-refractivity contribution >= 4 is 5.97 Å². The molecule has 1 rings (SSSR count). The summed E-state index contributed by atoms with van der Waals surface area (Å²) in [5.74, 6) is -0.153. The number of esters is 1. The lowest BCUT2D eigenvalue weighted by Crippen LogP contribution is -2.51. The highest BCUT2D eigenvalue weighted by Gasteiger charge is 2.39. The van der Waals surface area contributed by atoms with Crippen LogP contribution in [0.15, 0.2) is 0 Å². The van der Waals surface area contributed by atoms with Crippen LogP contribution in [0.5, 0.6) is 0 Å². The number of nitrogens with one attached hydrogen (secondary N) is 1. The average Bonchev–Trinajstić information content (AvgIpc) is 3.21. The second-order valence-corrected chi connectivity index (χ2v) is 6.11. The molecule has 0 radical (unpaired) electrons. The summed E-state index contributed by atoms with van der Waals surface area (Å²) in [5.41, 5.74) is -0.588. The van der Waals surface area contributed by atoms with Crippen LogP contribution in [0.3, 0.4) is 0 Å². The van der Waals surface area contributed by atoms with Crippen molar-refractivity contribution in [2.45, 2.75) is 71.1 Å². The Balaban J connectivity index is 2.21. The van der Waals surface area contributed by atoms with Gasteiger partial charge < -0.3 is 14.2 Å². The second kappa shape index (κ2) is 9.38. The van der Waals surface area contributed by atoms with Crippen LogP contribution in [0.25, 0.3) is 0 Å². The third-order valence-corrected chi connectivity index (χ3v) is 3.47. The summed E-state index contributed by atoms with van der Waals surface area (Å²) in [7, 11) is 0. The maximum Gasteiger partial charge on any atom is 0.326 e. The number of hydrogen-bond donors (Lipinski definition) is 1. The molecule has 0 bridgehead atoms. The minimum atomic E-state index is -0.588. The summed E-state index contributed by atoms with van der Waals surface area (Å²) in [5, 5.41) is 3.41. The molecule has 1 fully saturated rings. The molecule has 1 N–H and O–H groups in total. The van der Waals surface area contributed by atoms with Crippen molar-refractivity contribution in [2.24, 2.45) is 0 Å². The van der Waals surface area contributed by atoms with Crippen LogP contribution in [-0.4, -0.2) is 50.1 Å². The Hall–Kier alpha value is -0.650. The Kier molecular flexibility index (Phi) is 8.22. The van der Waals surface area contributed by atoms with Crippen molar-refractivity contribution in [3.05, 3.63) is 0 Å². The van der Waals surface area contributed by atoms with Crippen LogP contribution in [0, 0.1) is 0 Å². The predicted octanol–water partition coefficient (Wildman–Crippen LogP) is 2.28. The molecule has 0 aromatic heterocycles. The summed E-state index contributed by atoms with van der Waals surface area (Å²) in [6, 6.07) is 0.472. The molecule has 5 nitrogen and oxygen atoms in total. The van der Waals surface area contributed by atoms with E-state index < -0.39 is 5.54 Å². The Morgan fingerprint density at radius 1 is 1.29 bits per heavy atom. The van der Waals surface area contributed by atoms with Crippen molar-refractivity contribution in [1.29, 1.82) is 0 Å². The first kappa shape index (κ1) is 18.4. The Morgan fingerprint density at radius 2 is 2.00 bits per heavy atom. The van der Waals surface area contributed by atoms with E-state index in [1.165, 1.54) is 0 Å². The number of carbonyl (C=O) groups is 1. The van der Waals surface area contributed by atoms with Crippen LogP contribution in [-0.2, 0) is 19.0 Å². The van der Waals surface area contributed by atoms with Crippen LogP contribution in [0.4, 0.5) is 0 Å². The highest BCUT2D eigenvalue weighted by molar-refractivity contribution is 5.80. The lowest BCUT2D eigenvalue weighted by molar-refractivity contribution is -0.151. The molecule has 1 unspecified atom stereocenters. The van der Waals surface area contributed by atoms with Gasteiger partial charge in [-0.2, -0.15) is 0 Å². The molecule has 1 saturated carbocycles. The van der Waals surface area contributed by atoms with Gasteiger partial charge in [-0.05, 0) is 53.4 Å². The first-order valence-corrected chi connectivity index (χ1v) is 8.12. The largest absolute Gasteiger partial charge is 0.465 e. The Labute approximate surface area is 128 Å². The van der Waals surface area contributed by atoms with E-state index in [1.54, 1.807) is 0 Å². The fourth-order valence-corrected chi connectivity index (χ4v) is 2.17. The third kappa shape index (κ3) is 7.79. The zero-order chi connectivity index (χ0) is 15.7. The SMILES string of the molecule is CCOC(=O)C(C)(CCCOCCOC(C)C)NC1CC1. The van der Waals surface area contributed by atoms with Gasteiger partial charge in [0, 0.05) is 12.6 Å². The van der Waals surface area contributed by atoms with E-state index in [0.717, 1.165) is 25.7 Å². The molecule has 21 heavy (non-hydrogen) atoms. The van der Waals surface area contributed by atoms with Gasteiger partial charge in [0.25, 0.3) is 0 Å². The summed E-state index contributed by atoms with van der Waals surface area (Å²) >= 11 is 0. The van der Waals surface area contributed by atoms with E-state index in [0.29, 0.717) is 32.5 Å². The third-order valence-electron chi connectivity index (χ3n) is 3.47. The van der Waals surface area contributed by atoms with E-state index in [1.807, 2.05) is 27.7 Å². The maximum absolute atomic E-state index is 12.1. The molecule has 0 aromatic carbocycles. The lowest BCUT2D eigenvalue weighted by Gasteiger charge is -2.28. The summed E-state index contributed by atoms with van der Waals surface area (Å²) in [6.45, 7) is 10.1. The average molecular weight is 301 g/mol. The van der Waals surface area contributed by atoms with Crippen molar-refractivity contribution in [1.82, 2.24) is 5.32 Å². The molecule has 0 aliphatic heterocycles. The fourth-order valence-electron chi connectivity index (χ4n) is 2.17. The predicted molar refractivity (Wildman–Crippen MR) is 82.3 cm³/mol. The fraction of sp³-hybridized carbons (Fsp3) is 0.938. The first-order chi connectivity index (χ1) is 9.98. The zero-order valence-electron chi connectivity index (χ0n) is 13.9. The topological polar surface area (TPSA) is 56.8 Å². The van der Waals surface area contributed by atoms with Gasteiger partial charge in [0.15, 0.2) is 0 Å². The molecule has 1 aliphatic rings. The quantitative estimate of drug-likeness (QED) is 0.443. The first-order valence-electron chi connectivity index (χ1n) is 8.12. The van der Waals surface area contributed by atoms with Gasteiger partial charge in [-0.25, -0.2) is 0 Å². The van der Waals surface area contributed by atoms with Gasteiger partial charge >= 0.3 is 5.97 Å². The minimum absolute atomic E-state index is 0.153. The lowest BCUT2D eigenvalue weighted by atomic mass is 9.95. The summed E-state index contributed by atoms with van der Waals surface area (Å²) < 4.78 is 16.1. The van der Waals surface area contributed by atoms with Crippen LogP contribution >= 0.6 is 0 Å². The molecule has 0 aromatic rings. The van der Waals surface area contributed by atoms with Gasteiger partial charge in [0.1, 0.15) is 5.54 Å². The molecule has 1 atom stereocenters. The van der Waals surface area contributed by atoms with E-state index in [9.17, 15) is 4.79 Å². The van der Waals surface area contributed by atoms with Gasteiger partial charge in [0.05, 0.1) is 25.9 Å². The summed E-state index contributed by atoms with van der Waals surface area (Å²) in [4.78, 5) is 12.1. The molecule has 0 saturated heterocycles. The van der Waals surface area contributed by atoms with E-state index in [-0.39, 0.29) is 12.1 Å². The van der Waals surface area contributed by atoms with Crippen molar-refractivity contribution in [3.63, 3.8) is 0 Å². The van der Waals surface area contributed by atoms with Gasteiger partial charge in [-0.15, -0.1) is 0 Å². The molecule has 124 valence electrons. The number of carbonyl (C=O) groups excluding carboxylic acids is 1. The van der Waals surface area contributed by atoms with Crippen LogP contribution < -0.4 is 5.32 Å². The second-order valence-electron chi connectivity index (χ2n) is 6.11.